The minimum absolute atomic E-state index is 0.148. The predicted molar refractivity (Wildman–Crippen MR) is 60.3 cm³/mol. The number of carbonyl (C=O) groups excluding carboxylic acids is 3. The average Bonchev–Trinajstić information content (AvgIpc) is 3.07. The van der Waals surface area contributed by atoms with Crippen molar-refractivity contribution < 1.29 is 23.9 Å². The Balaban J connectivity index is 1.63. The topological polar surface area (TPSA) is 72.9 Å². The van der Waals surface area contributed by atoms with Gasteiger partial charge in [0.15, 0.2) is 0 Å². The molecule has 2 atom stereocenters. The highest BCUT2D eigenvalue weighted by Crippen LogP contribution is 2.45. The number of carbonyl (C=O) groups is 3. The third kappa shape index (κ3) is 2.88. The van der Waals surface area contributed by atoms with Crippen molar-refractivity contribution in [2.75, 3.05) is 26.8 Å². The van der Waals surface area contributed by atoms with E-state index in [0.717, 1.165) is 25.1 Å². The number of rotatable bonds is 5. The molecule has 1 amide bonds. The summed E-state index contributed by atoms with van der Waals surface area (Å²) in [6, 6.07) is 0. The number of hydrogen-bond donors (Lipinski definition) is 0. The highest BCUT2D eigenvalue weighted by atomic mass is 16.5. The Kier molecular flexibility index (Phi) is 3.64. The van der Waals surface area contributed by atoms with Crippen LogP contribution in [0.15, 0.2) is 12.2 Å². The molecule has 6 nitrogen and oxygen atoms in total. The Morgan fingerprint density at radius 2 is 2.11 bits per heavy atom. The van der Waals surface area contributed by atoms with Crippen LogP contribution in [0, 0.1) is 11.8 Å². The van der Waals surface area contributed by atoms with E-state index in [0.29, 0.717) is 12.5 Å². The number of piperidine rings is 1. The molecule has 0 aromatic carbocycles. The molecule has 1 saturated carbocycles. The number of amides is 1. The molecule has 1 aliphatic heterocycles. The van der Waals surface area contributed by atoms with E-state index in [1.165, 1.54) is 7.11 Å². The van der Waals surface area contributed by atoms with Crippen molar-refractivity contribution in [2.24, 2.45) is 11.8 Å². The first-order valence-electron chi connectivity index (χ1n) is 5.83. The van der Waals surface area contributed by atoms with Crippen molar-refractivity contribution in [3.8, 4) is 0 Å². The summed E-state index contributed by atoms with van der Waals surface area (Å²) < 4.78 is 9.20. The first-order valence-corrected chi connectivity index (χ1v) is 5.83. The van der Waals surface area contributed by atoms with Gasteiger partial charge in [-0.3, -0.25) is 4.79 Å². The minimum Gasteiger partial charge on any atom is -0.466 e. The fourth-order valence-electron chi connectivity index (χ4n) is 2.07. The lowest BCUT2D eigenvalue weighted by atomic mass is 10.4. The summed E-state index contributed by atoms with van der Waals surface area (Å²) in [5.74, 6) is -0.313. The van der Waals surface area contributed by atoms with Crippen LogP contribution < -0.4 is 0 Å². The largest absolute Gasteiger partial charge is 0.466 e. The molecular weight excluding hydrogens is 238 g/mol. The molecule has 18 heavy (non-hydrogen) atoms. The van der Waals surface area contributed by atoms with Crippen molar-refractivity contribution in [2.45, 2.75) is 6.42 Å². The fraction of sp³-hybridized carbons (Fsp3) is 0.583. The van der Waals surface area contributed by atoms with E-state index in [9.17, 15) is 14.4 Å². The molecule has 1 aliphatic carbocycles. The Morgan fingerprint density at radius 3 is 2.72 bits per heavy atom. The van der Waals surface area contributed by atoms with Crippen molar-refractivity contribution >= 4 is 17.8 Å². The summed E-state index contributed by atoms with van der Waals surface area (Å²) in [5.41, 5.74) is 0. The highest BCUT2D eigenvalue weighted by Gasteiger charge is 2.51. The highest BCUT2D eigenvalue weighted by molar-refractivity contribution is 5.91. The first kappa shape index (κ1) is 12.6. The number of hydrogen-bond acceptors (Lipinski definition) is 5. The van der Waals surface area contributed by atoms with E-state index in [4.69, 9.17) is 4.74 Å². The quantitative estimate of drug-likeness (QED) is 0.498. The molecule has 0 bridgehead atoms. The van der Waals surface area contributed by atoms with Gasteiger partial charge in [-0.05, 0) is 12.3 Å². The molecular formula is C12H15NO5. The molecule has 2 fully saturated rings. The lowest BCUT2D eigenvalue weighted by Gasteiger charge is -2.17. The second kappa shape index (κ2) is 5.20. The lowest BCUT2D eigenvalue weighted by molar-refractivity contribution is -0.141. The first-order chi connectivity index (χ1) is 8.61. The lowest BCUT2D eigenvalue weighted by Crippen LogP contribution is -2.32. The van der Waals surface area contributed by atoms with Gasteiger partial charge in [-0.1, -0.05) is 0 Å². The standard InChI is InChI=1S/C12H15NO5/c1-17-10(14)2-3-11(15)18-5-4-13-7-8-6-9(8)12(13)16/h2-3,8-9H,4-7H2,1H3/b3-2+. The van der Waals surface area contributed by atoms with Crippen LogP contribution in [0.2, 0.25) is 0 Å². The van der Waals surface area contributed by atoms with Crippen LogP contribution >= 0.6 is 0 Å². The van der Waals surface area contributed by atoms with Gasteiger partial charge in [0.1, 0.15) is 6.61 Å². The summed E-state index contributed by atoms with van der Waals surface area (Å²) in [4.78, 5) is 35.2. The third-order valence-electron chi connectivity index (χ3n) is 3.17. The van der Waals surface area contributed by atoms with E-state index in [2.05, 4.69) is 4.74 Å². The molecule has 2 aliphatic rings. The normalized spacial score (nSPS) is 25.2. The number of nitrogens with zero attached hydrogens (tertiary/aromatic N) is 1. The summed E-state index contributed by atoms with van der Waals surface area (Å²) in [7, 11) is 1.22. The summed E-state index contributed by atoms with van der Waals surface area (Å²) in [6.07, 6.45) is 3.02. The van der Waals surface area contributed by atoms with Crippen molar-refractivity contribution in [1.82, 2.24) is 4.90 Å². The molecule has 98 valence electrons. The van der Waals surface area contributed by atoms with E-state index in [1.54, 1.807) is 4.90 Å². The molecule has 1 heterocycles. The van der Waals surface area contributed by atoms with Gasteiger partial charge in [-0.25, -0.2) is 9.59 Å². The van der Waals surface area contributed by atoms with Gasteiger partial charge in [0.25, 0.3) is 0 Å². The van der Waals surface area contributed by atoms with Gasteiger partial charge in [-0.2, -0.15) is 0 Å². The molecule has 1 saturated heterocycles. The number of methoxy groups -OCH3 is 1. The molecule has 2 rings (SSSR count). The fourth-order valence-corrected chi connectivity index (χ4v) is 2.07. The average molecular weight is 253 g/mol. The smallest absolute Gasteiger partial charge is 0.331 e. The van der Waals surface area contributed by atoms with Crippen molar-refractivity contribution in [3.63, 3.8) is 0 Å². The Morgan fingerprint density at radius 1 is 1.39 bits per heavy atom. The van der Waals surface area contributed by atoms with Gasteiger partial charge < -0.3 is 14.4 Å². The molecule has 0 radical (unpaired) electrons. The van der Waals surface area contributed by atoms with Gasteiger partial charge in [0.2, 0.25) is 5.91 Å². The maximum atomic E-state index is 11.6. The van der Waals surface area contributed by atoms with Crippen LogP contribution in [-0.4, -0.2) is 49.6 Å². The number of fused-ring (bicyclic) bond motifs is 1. The molecule has 6 heteroatoms. The van der Waals surface area contributed by atoms with E-state index in [-0.39, 0.29) is 18.4 Å². The van der Waals surface area contributed by atoms with Gasteiger partial charge in [0.05, 0.1) is 13.7 Å². The van der Waals surface area contributed by atoms with E-state index < -0.39 is 11.9 Å². The Labute approximate surface area is 105 Å². The Bertz CT molecular complexity index is 403. The SMILES string of the molecule is COC(=O)/C=C/C(=O)OCCN1CC2CC2C1=O. The monoisotopic (exact) mass is 253 g/mol. The maximum Gasteiger partial charge on any atom is 0.331 e. The zero-order valence-corrected chi connectivity index (χ0v) is 10.1. The van der Waals surface area contributed by atoms with Crippen LogP contribution in [0.4, 0.5) is 0 Å². The molecule has 2 unspecified atom stereocenters. The second-order valence-corrected chi connectivity index (χ2v) is 4.41. The third-order valence-corrected chi connectivity index (χ3v) is 3.17. The molecule has 0 aromatic rings. The van der Waals surface area contributed by atoms with E-state index in [1.807, 2.05) is 0 Å². The van der Waals surface area contributed by atoms with Gasteiger partial charge >= 0.3 is 11.9 Å². The molecule has 0 N–H and O–H groups in total. The molecule has 0 spiro atoms. The summed E-state index contributed by atoms with van der Waals surface area (Å²) in [5, 5.41) is 0. The zero-order chi connectivity index (χ0) is 13.1. The van der Waals surface area contributed by atoms with Crippen LogP contribution in [0.3, 0.4) is 0 Å². The second-order valence-electron chi connectivity index (χ2n) is 4.41. The summed E-state index contributed by atoms with van der Waals surface area (Å²) in [6.45, 7) is 1.35. The number of ether oxygens (including phenoxy) is 2. The van der Waals surface area contributed by atoms with Crippen LogP contribution in [0.5, 0.6) is 0 Å². The van der Waals surface area contributed by atoms with E-state index >= 15 is 0 Å². The van der Waals surface area contributed by atoms with Crippen LogP contribution in [0.1, 0.15) is 6.42 Å². The molecule has 0 aromatic heterocycles. The van der Waals surface area contributed by atoms with Gasteiger partial charge in [0, 0.05) is 24.6 Å². The minimum atomic E-state index is -0.614. The van der Waals surface area contributed by atoms with Crippen LogP contribution in [-0.2, 0) is 23.9 Å². The van der Waals surface area contributed by atoms with Crippen LogP contribution in [0.25, 0.3) is 0 Å². The Hall–Kier alpha value is -1.85. The summed E-state index contributed by atoms with van der Waals surface area (Å²) >= 11 is 0. The van der Waals surface area contributed by atoms with Crippen molar-refractivity contribution in [3.05, 3.63) is 12.2 Å². The van der Waals surface area contributed by atoms with Gasteiger partial charge in [-0.15, -0.1) is 0 Å². The predicted octanol–water partition coefficient (Wildman–Crippen LogP) is -0.263. The number of likely N-dealkylation sites (tertiary alicyclic amines) is 1. The maximum absolute atomic E-state index is 11.6. The van der Waals surface area contributed by atoms with Crippen molar-refractivity contribution in [1.29, 1.82) is 0 Å². The number of esters is 2. The zero-order valence-electron chi connectivity index (χ0n) is 10.1.